The first-order valence-electron chi connectivity index (χ1n) is 4.96. The summed E-state index contributed by atoms with van der Waals surface area (Å²) in [5, 5.41) is 0. The van der Waals surface area contributed by atoms with E-state index >= 15 is 0 Å². The van der Waals surface area contributed by atoms with Gasteiger partial charge >= 0.3 is 0 Å². The molecule has 15 heavy (non-hydrogen) atoms. The fourth-order valence-electron chi connectivity index (χ4n) is 1.93. The summed E-state index contributed by atoms with van der Waals surface area (Å²) in [4.78, 5) is 3.74. The summed E-state index contributed by atoms with van der Waals surface area (Å²) in [6, 6.07) is 1.60. The van der Waals surface area contributed by atoms with Gasteiger partial charge in [0.15, 0.2) is 0 Å². The highest BCUT2D eigenvalue weighted by molar-refractivity contribution is 7.99. The molecular formula is C10H14FN3S. The van der Waals surface area contributed by atoms with Crippen LogP contribution in [0, 0.1) is 11.7 Å². The molecule has 82 valence electrons. The van der Waals surface area contributed by atoms with Gasteiger partial charge in [-0.1, -0.05) is 0 Å². The third-order valence-corrected chi connectivity index (χ3v) is 3.94. The molecule has 0 amide bonds. The summed E-state index contributed by atoms with van der Waals surface area (Å²) in [7, 11) is 0. The molecule has 1 aliphatic heterocycles. The van der Waals surface area contributed by atoms with Crippen LogP contribution in [0.5, 0.6) is 0 Å². The second-order valence-corrected chi connectivity index (χ2v) is 4.82. The molecule has 5 heteroatoms. The summed E-state index contributed by atoms with van der Waals surface area (Å²) >= 11 is 1.89. The number of nitrogens with zero attached hydrogens (tertiary/aromatic N) is 1. The van der Waals surface area contributed by atoms with Gasteiger partial charge in [0.05, 0.1) is 12.2 Å². The standard InChI is InChI=1S/C10H14FN3S/c11-9-5-13-3-1-8(9)10(14-12)7-2-4-15-6-7/h1,3,5,7,10,14H,2,4,6,12H2. The first-order chi connectivity index (χ1) is 7.33. The predicted molar refractivity (Wildman–Crippen MR) is 59.7 cm³/mol. The number of pyridine rings is 1. The van der Waals surface area contributed by atoms with Gasteiger partial charge in [0.2, 0.25) is 0 Å². The van der Waals surface area contributed by atoms with Gasteiger partial charge in [-0.25, -0.2) is 4.39 Å². The van der Waals surface area contributed by atoms with Crippen LogP contribution in [-0.2, 0) is 0 Å². The van der Waals surface area contributed by atoms with Crippen molar-refractivity contribution in [2.24, 2.45) is 11.8 Å². The number of halogens is 1. The van der Waals surface area contributed by atoms with E-state index in [1.807, 2.05) is 11.8 Å². The quantitative estimate of drug-likeness (QED) is 0.606. The van der Waals surface area contributed by atoms with Crippen LogP contribution in [0.2, 0.25) is 0 Å². The summed E-state index contributed by atoms with van der Waals surface area (Å²) in [6.07, 6.45) is 3.92. The van der Waals surface area contributed by atoms with Crippen molar-refractivity contribution in [3.05, 3.63) is 29.8 Å². The van der Waals surface area contributed by atoms with E-state index in [9.17, 15) is 4.39 Å². The predicted octanol–water partition coefficient (Wildman–Crippen LogP) is 1.48. The van der Waals surface area contributed by atoms with Gasteiger partial charge in [-0.2, -0.15) is 11.8 Å². The largest absolute Gasteiger partial charge is 0.271 e. The highest BCUT2D eigenvalue weighted by atomic mass is 32.2. The number of hydrogen-bond acceptors (Lipinski definition) is 4. The van der Waals surface area contributed by atoms with Crippen LogP contribution in [-0.4, -0.2) is 16.5 Å². The van der Waals surface area contributed by atoms with E-state index < -0.39 is 0 Å². The Balaban J connectivity index is 2.22. The van der Waals surface area contributed by atoms with Crippen molar-refractivity contribution in [3.63, 3.8) is 0 Å². The second kappa shape index (κ2) is 4.92. The molecular weight excluding hydrogens is 213 g/mol. The zero-order chi connectivity index (χ0) is 10.7. The van der Waals surface area contributed by atoms with Gasteiger partial charge in [0.1, 0.15) is 5.82 Å². The molecule has 2 atom stereocenters. The minimum Gasteiger partial charge on any atom is -0.271 e. The van der Waals surface area contributed by atoms with Crippen LogP contribution in [0.1, 0.15) is 18.0 Å². The Labute approximate surface area is 92.6 Å². The van der Waals surface area contributed by atoms with Crippen molar-refractivity contribution in [1.82, 2.24) is 10.4 Å². The highest BCUT2D eigenvalue weighted by Gasteiger charge is 2.27. The van der Waals surface area contributed by atoms with E-state index in [-0.39, 0.29) is 11.9 Å². The van der Waals surface area contributed by atoms with Crippen molar-refractivity contribution >= 4 is 11.8 Å². The molecule has 0 spiro atoms. The zero-order valence-corrected chi connectivity index (χ0v) is 9.14. The van der Waals surface area contributed by atoms with E-state index in [4.69, 9.17) is 5.84 Å². The van der Waals surface area contributed by atoms with Crippen LogP contribution in [0.3, 0.4) is 0 Å². The van der Waals surface area contributed by atoms with E-state index in [1.54, 1.807) is 12.3 Å². The van der Waals surface area contributed by atoms with Gasteiger partial charge in [-0.15, -0.1) is 0 Å². The van der Waals surface area contributed by atoms with Crippen molar-refractivity contribution in [2.45, 2.75) is 12.5 Å². The van der Waals surface area contributed by atoms with Crippen LogP contribution in [0.15, 0.2) is 18.5 Å². The SMILES string of the molecule is NNC(c1ccncc1F)C1CCSC1. The second-order valence-electron chi connectivity index (χ2n) is 3.67. The van der Waals surface area contributed by atoms with Gasteiger partial charge in [0.25, 0.3) is 0 Å². The molecule has 1 fully saturated rings. The van der Waals surface area contributed by atoms with Crippen LogP contribution >= 0.6 is 11.8 Å². The third-order valence-electron chi connectivity index (χ3n) is 2.75. The average Bonchev–Trinajstić information content (AvgIpc) is 2.75. The Bertz CT molecular complexity index is 328. The van der Waals surface area contributed by atoms with Crippen LogP contribution in [0.4, 0.5) is 4.39 Å². The molecule has 2 rings (SSSR count). The lowest BCUT2D eigenvalue weighted by Crippen LogP contribution is -2.34. The number of hydrogen-bond donors (Lipinski definition) is 2. The van der Waals surface area contributed by atoms with E-state index in [1.165, 1.54) is 6.20 Å². The summed E-state index contributed by atoms with van der Waals surface area (Å²) in [5.41, 5.74) is 3.35. The maximum atomic E-state index is 13.5. The Morgan fingerprint density at radius 2 is 2.53 bits per heavy atom. The lowest BCUT2D eigenvalue weighted by molar-refractivity contribution is 0.386. The topological polar surface area (TPSA) is 50.9 Å². The number of nitrogens with two attached hydrogens (primary N) is 1. The average molecular weight is 227 g/mol. The summed E-state index contributed by atoms with van der Waals surface area (Å²) < 4.78 is 13.5. The number of nitrogens with one attached hydrogen (secondary N) is 1. The minimum absolute atomic E-state index is 0.0944. The maximum Gasteiger partial charge on any atom is 0.146 e. The lowest BCUT2D eigenvalue weighted by atomic mass is 9.93. The molecule has 0 aliphatic carbocycles. The molecule has 0 bridgehead atoms. The minimum atomic E-state index is -0.280. The molecule has 0 aromatic carbocycles. The molecule has 1 aliphatic rings. The first kappa shape index (κ1) is 10.9. The molecule has 2 unspecified atom stereocenters. The Morgan fingerprint density at radius 3 is 3.13 bits per heavy atom. The van der Waals surface area contributed by atoms with Crippen molar-refractivity contribution in [3.8, 4) is 0 Å². The first-order valence-corrected chi connectivity index (χ1v) is 6.11. The lowest BCUT2D eigenvalue weighted by Gasteiger charge is -2.22. The van der Waals surface area contributed by atoms with E-state index in [2.05, 4.69) is 10.4 Å². The van der Waals surface area contributed by atoms with Gasteiger partial charge in [-0.3, -0.25) is 16.3 Å². The van der Waals surface area contributed by atoms with Gasteiger partial charge in [0, 0.05) is 11.8 Å². The number of thioether (sulfide) groups is 1. The third kappa shape index (κ3) is 2.30. The van der Waals surface area contributed by atoms with Crippen molar-refractivity contribution in [1.29, 1.82) is 0 Å². The molecule has 1 aromatic heterocycles. The number of rotatable bonds is 3. The molecule has 0 saturated carbocycles. The fraction of sp³-hybridized carbons (Fsp3) is 0.500. The van der Waals surface area contributed by atoms with Crippen molar-refractivity contribution < 1.29 is 4.39 Å². The Morgan fingerprint density at radius 1 is 1.67 bits per heavy atom. The van der Waals surface area contributed by atoms with Crippen LogP contribution in [0.25, 0.3) is 0 Å². The molecule has 3 N–H and O–H groups in total. The Hall–Kier alpha value is -0.650. The maximum absolute atomic E-state index is 13.5. The zero-order valence-electron chi connectivity index (χ0n) is 8.32. The monoisotopic (exact) mass is 227 g/mol. The van der Waals surface area contributed by atoms with E-state index in [0.29, 0.717) is 11.5 Å². The summed E-state index contributed by atoms with van der Waals surface area (Å²) in [6.45, 7) is 0. The molecule has 0 radical (unpaired) electrons. The van der Waals surface area contributed by atoms with Gasteiger partial charge < -0.3 is 0 Å². The van der Waals surface area contributed by atoms with Crippen LogP contribution < -0.4 is 11.3 Å². The summed E-state index contributed by atoms with van der Waals surface area (Å²) in [5.74, 6) is 7.81. The normalized spacial score (nSPS) is 22.9. The molecule has 2 heterocycles. The Kier molecular flexibility index (Phi) is 3.56. The van der Waals surface area contributed by atoms with Crippen molar-refractivity contribution in [2.75, 3.05) is 11.5 Å². The highest BCUT2D eigenvalue weighted by Crippen LogP contribution is 2.34. The molecule has 1 saturated heterocycles. The van der Waals surface area contributed by atoms with Gasteiger partial charge in [-0.05, 0) is 29.9 Å². The number of hydrazine groups is 1. The van der Waals surface area contributed by atoms with E-state index in [0.717, 1.165) is 17.9 Å². The molecule has 3 nitrogen and oxygen atoms in total. The smallest absolute Gasteiger partial charge is 0.146 e. The molecule has 1 aromatic rings. The number of aromatic nitrogens is 1. The fourth-order valence-corrected chi connectivity index (χ4v) is 3.23.